The quantitative estimate of drug-likeness (QED) is 0.524. The Hall–Kier alpha value is -1.59. The van der Waals surface area contributed by atoms with Crippen LogP contribution >= 0.6 is 23.5 Å². The summed E-state index contributed by atoms with van der Waals surface area (Å²) in [6.07, 6.45) is 1.29. The molecule has 2 aromatic carbocycles. The molecule has 0 bridgehead atoms. The second-order valence-electron chi connectivity index (χ2n) is 7.95. The molecule has 1 aliphatic heterocycles. The second kappa shape index (κ2) is 10.4. The van der Waals surface area contributed by atoms with E-state index in [2.05, 4.69) is 63.3 Å². The fourth-order valence-corrected chi connectivity index (χ4v) is 6.32. The molecule has 1 aliphatic rings. The summed E-state index contributed by atoms with van der Waals surface area (Å²) in [4.78, 5) is 12.6. The Morgan fingerprint density at radius 2 is 1.59 bits per heavy atom. The summed E-state index contributed by atoms with van der Waals surface area (Å²) in [5.74, 6) is 3.75. The van der Waals surface area contributed by atoms with E-state index >= 15 is 0 Å². The van der Waals surface area contributed by atoms with E-state index in [1.54, 1.807) is 0 Å². The van der Waals surface area contributed by atoms with Gasteiger partial charge in [0.05, 0.1) is 4.58 Å². The zero-order chi connectivity index (χ0) is 20.8. The van der Waals surface area contributed by atoms with Crippen LogP contribution in [0.2, 0.25) is 0 Å². The van der Waals surface area contributed by atoms with E-state index in [9.17, 15) is 4.79 Å². The van der Waals surface area contributed by atoms with Crippen LogP contribution in [-0.2, 0) is 4.79 Å². The third-order valence-corrected chi connectivity index (χ3v) is 8.00. The lowest BCUT2D eigenvalue weighted by molar-refractivity contribution is -0.118. The van der Waals surface area contributed by atoms with Gasteiger partial charge in [0.2, 0.25) is 0 Å². The minimum absolute atomic E-state index is 0.0102. The summed E-state index contributed by atoms with van der Waals surface area (Å²) in [6, 6.07) is 14.4. The molecule has 1 N–H and O–H groups in total. The number of amides is 1. The molecule has 5 heteroatoms. The molecular weight excluding hydrogens is 398 g/mol. The highest BCUT2D eigenvalue weighted by atomic mass is 32.2. The molecule has 0 radical (unpaired) electrons. The summed E-state index contributed by atoms with van der Waals surface area (Å²) in [5.41, 5.74) is 4.59. The number of benzene rings is 2. The molecule has 0 saturated carbocycles. The standard InChI is InChI=1S/C24H31NO2S2/c1-16(2)20-7-5-8-21(17(3)4)23(20)25-22(26)15-27-19-11-9-18(10-12-19)24-28-13-6-14-29-24/h5,7-12,16-17,24H,6,13-15H2,1-4H3,(H,25,26). The molecule has 0 atom stereocenters. The number of hydrogen-bond donors (Lipinski definition) is 1. The van der Waals surface area contributed by atoms with Gasteiger partial charge in [-0.15, -0.1) is 23.5 Å². The van der Waals surface area contributed by atoms with Crippen molar-refractivity contribution in [1.29, 1.82) is 0 Å². The van der Waals surface area contributed by atoms with E-state index in [-0.39, 0.29) is 12.5 Å². The van der Waals surface area contributed by atoms with Crippen molar-refractivity contribution in [2.75, 3.05) is 23.4 Å². The van der Waals surface area contributed by atoms with Gasteiger partial charge in [0.25, 0.3) is 5.91 Å². The van der Waals surface area contributed by atoms with Crippen molar-refractivity contribution < 1.29 is 9.53 Å². The fraction of sp³-hybridized carbons (Fsp3) is 0.458. The van der Waals surface area contributed by atoms with Crippen molar-refractivity contribution in [1.82, 2.24) is 0 Å². The molecule has 0 spiro atoms. The molecule has 1 saturated heterocycles. The SMILES string of the molecule is CC(C)c1cccc(C(C)C)c1NC(=O)COc1ccc(C2SCCCS2)cc1. The van der Waals surface area contributed by atoms with Gasteiger partial charge in [-0.2, -0.15) is 0 Å². The zero-order valence-electron chi connectivity index (χ0n) is 17.7. The Balaban J connectivity index is 1.61. The van der Waals surface area contributed by atoms with Crippen LogP contribution in [0.5, 0.6) is 5.75 Å². The number of para-hydroxylation sites is 1. The molecule has 0 aliphatic carbocycles. The largest absolute Gasteiger partial charge is 0.484 e. The van der Waals surface area contributed by atoms with Crippen LogP contribution in [0.1, 0.15) is 67.2 Å². The van der Waals surface area contributed by atoms with Gasteiger partial charge in [-0.1, -0.05) is 58.0 Å². The predicted octanol–water partition coefficient (Wildman–Crippen LogP) is 6.82. The van der Waals surface area contributed by atoms with Gasteiger partial charge in [0, 0.05) is 5.69 Å². The van der Waals surface area contributed by atoms with Gasteiger partial charge in [-0.05, 0) is 58.6 Å². The number of ether oxygens (including phenoxy) is 1. The number of hydrogen-bond acceptors (Lipinski definition) is 4. The van der Waals surface area contributed by atoms with Crippen molar-refractivity contribution in [2.45, 2.75) is 50.5 Å². The number of rotatable bonds is 7. The minimum atomic E-state index is -0.123. The molecule has 2 aromatic rings. The van der Waals surface area contributed by atoms with Gasteiger partial charge in [-0.25, -0.2) is 0 Å². The maximum Gasteiger partial charge on any atom is 0.262 e. The van der Waals surface area contributed by atoms with Gasteiger partial charge in [0.15, 0.2) is 6.61 Å². The highest BCUT2D eigenvalue weighted by Crippen LogP contribution is 2.43. The summed E-state index contributed by atoms with van der Waals surface area (Å²) in [6.45, 7) is 8.61. The lowest BCUT2D eigenvalue weighted by Gasteiger charge is -2.21. The fourth-order valence-electron chi connectivity index (χ4n) is 3.42. The molecule has 0 unspecified atom stereocenters. The predicted molar refractivity (Wildman–Crippen MR) is 127 cm³/mol. The highest BCUT2D eigenvalue weighted by molar-refractivity contribution is 8.16. The lowest BCUT2D eigenvalue weighted by atomic mass is 9.92. The summed E-state index contributed by atoms with van der Waals surface area (Å²) < 4.78 is 6.27. The molecule has 1 amide bonds. The highest BCUT2D eigenvalue weighted by Gasteiger charge is 2.18. The van der Waals surface area contributed by atoms with Gasteiger partial charge in [-0.3, -0.25) is 4.79 Å². The second-order valence-corrected chi connectivity index (χ2v) is 10.7. The molecule has 3 rings (SSSR count). The topological polar surface area (TPSA) is 38.3 Å². The van der Waals surface area contributed by atoms with Gasteiger partial charge < -0.3 is 10.1 Å². The average molecular weight is 430 g/mol. The van der Waals surface area contributed by atoms with E-state index in [1.807, 2.05) is 35.7 Å². The van der Waals surface area contributed by atoms with Crippen LogP contribution in [-0.4, -0.2) is 24.0 Å². The number of thioether (sulfide) groups is 2. The summed E-state index contributed by atoms with van der Waals surface area (Å²) in [5, 5.41) is 3.10. The van der Waals surface area contributed by atoms with Crippen LogP contribution < -0.4 is 10.1 Å². The summed E-state index contributed by atoms with van der Waals surface area (Å²) in [7, 11) is 0. The number of carbonyl (C=O) groups is 1. The van der Waals surface area contributed by atoms with E-state index in [4.69, 9.17) is 4.74 Å². The van der Waals surface area contributed by atoms with Crippen LogP contribution in [0.25, 0.3) is 0 Å². The maximum absolute atomic E-state index is 12.6. The van der Waals surface area contributed by atoms with Crippen molar-refractivity contribution >= 4 is 35.1 Å². The monoisotopic (exact) mass is 429 g/mol. The first-order valence-electron chi connectivity index (χ1n) is 10.3. The number of carbonyl (C=O) groups excluding carboxylic acids is 1. The van der Waals surface area contributed by atoms with E-state index in [0.717, 1.165) is 22.6 Å². The third-order valence-electron chi connectivity index (χ3n) is 4.99. The first-order chi connectivity index (χ1) is 14.0. The third kappa shape index (κ3) is 5.95. The van der Waals surface area contributed by atoms with E-state index < -0.39 is 0 Å². The smallest absolute Gasteiger partial charge is 0.262 e. The van der Waals surface area contributed by atoms with E-state index in [1.165, 1.54) is 23.5 Å². The first-order valence-corrected chi connectivity index (χ1v) is 12.4. The minimum Gasteiger partial charge on any atom is -0.484 e. The van der Waals surface area contributed by atoms with Gasteiger partial charge in [0.1, 0.15) is 5.75 Å². The molecule has 0 aromatic heterocycles. The Kier molecular flexibility index (Phi) is 7.96. The van der Waals surface area contributed by atoms with Crippen molar-refractivity contribution in [3.63, 3.8) is 0 Å². The van der Waals surface area contributed by atoms with E-state index in [0.29, 0.717) is 16.4 Å². The zero-order valence-corrected chi connectivity index (χ0v) is 19.4. The normalized spacial score (nSPS) is 15.0. The van der Waals surface area contributed by atoms with Crippen molar-refractivity contribution in [3.8, 4) is 5.75 Å². The summed E-state index contributed by atoms with van der Waals surface area (Å²) >= 11 is 4.01. The molecular formula is C24H31NO2S2. The Morgan fingerprint density at radius 3 is 2.14 bits per heavy atom. The molecule has 29 heavy (non-hydrogen) atoms. The van der Waals surface area contributed by atoms with Crippen LogP contribution in [0.3, 0.4) is 0 Å². The number of anilines is 1. The average Bonchev–Trinajstić information content (AvgIpc) is 2.73. The maximum atomic E-state index is 12.6. The Bertz CT molecular complexity index is 786. The number of nitrogens with one attached hydrogen (secondary N) is 1. The van der Waals surface area contributed by atoms with Crippen LogP contribution in [0.4, 0.5) is 5.69 Å². The van der Waals surface area contributed by atoms with Crippen LogP contribution in [0, 0.1) is 0 Å². The molecule has 1 heterocycles. The molecule has 156 valence electrons. The molecule has 1 fully saturated rings. The Labute approximate surface area is 183 Å². The van der Waals surface area contributed by atoms with Crippen molar-refractivity contribution in [2.24, 2.45) is 0 Å². The Morgan fingerprint density at radius 1 is 1.00 bits per heavy atom. The van der Waals surface area contributed by atoms with Crippen LogP contribution in [0.15, 0.2) is 42.5 Å². The van der Waals surface area contributed by atoms with Crippen molar-refractivity contribution in [3.05, 3.63) is 59.2 Å². The molecule has 3 nitrogen and oxygen atoms in total. The first kappa shape index (κ1) is 22.1. The van der Waals surface area contributed by atoms with Gasteiger partial charge >= 0.3 is 0 Å². The lowest BCUT2D eigenvalue weighted by Crippen LogP contribution is -2.22.